The number of aromatic nitrogens is 1. The topological polar surface area (TPSA) is 98.7 Å². The van der Waals surface area contributed by atoms with Gasteiger partial charge >= 0.3 is 6.18 Å². The zero-order valence-electron chi connectivity index (χ0n) is 20.5. The molecule has 11 heteroatoms. The number of aliphatic hydroxyl groups is 1. The molecule has 1 amide bonds. The summed E-state index contributed by atoms with van der Waals surface area (Å²) < 4.78 is 63.1. The molecular formula is C26H31F4N3O4. The standard InChI is InChI=1S/C26H31F4N3O4/c1-2-20(32-7-11-36-22-5-4-19(27)15-23(22)37-16-26(28,29)30)13-17-12-18-6-9-33(8-3-10-34)24(18)21(14-17)25(31)35/h4-6,9,12,14-15,20,32,34H,2-3,7-8,10-11,13,16H2,1H3,(H2,31,35). The van der Waals surface area contributed by atoms with Crippen molar-refractivity contribution in [2.45, 2.75) is 44.9 Å². The molecule has 3 rings (SSSR count). The third-order valence-corrected chi connectivity index (χ3v) is 5.81. The molecule has 4 N–H and O–H groups in total. The van der Waals surface area contributed by atoms with Crippen molar-refractivity contribution in [3.05, 3.63) is 59.5 Å². The number of nitrogens with one attached hydrogen (secondary N) is 1. The molecule has 1 aromatic heterocycles. The smallest absolute Gasteiger partial charge is 0.422 e. The van der Waals surface area contributed by atoms with E-state index >= 15 is 0 Å². The van der Waals surface area contributed by atoms with Crippen LogP contribution in [0.3, 0.4) is 0 Å². The molecule has 0 saturated carbocycles. The van der Waals surface area contributed by atoms with Crippen molar-refractivity contribution in [1.82, 2.24) is 9.88 Å². The molecule has 37 heavy (non-hydrogen) atoms. The lowest BCUT2D eigenvalue weighted by Crippen LogP contribution is -2.34. The highest BCUT2D eigenvalue weighted by Gasteiger charge is 2.29. The zero-order valence-corrected chi connectivity index (χ0v) is 20.5. The minimum absolute atomic E-state index is 0.0164. The summed E-state index contributed by atoms with van der Waals surface area (Å²) in [6.45, 7) is 1.54. The second kappa shape index (κ2) is 12.8. The summed E-state index contributed by atoms with van der Waals surface area (Å²) in [4.78, 5) is 12.2. The highest BCUT2D eigenvalue weighted by atomic mass is 19.4. The van der Waals surface area contributed by atoms with Crippen LogP contribution < -0.4 is 20.5 Å². The number of primary amides is 1. The van der Waals surface area contributed by atoms with Gasteiger partial charge in [-0.2, -0.15) is 13.2 Å². The molecule has 0 radical (unpaired) electrons. The monoisotopic (exact) mass is 525 g/mol. The van der Waals surface area contributed by atoms with Crippen LogP contribution in [0.2, 0.25) is 0 Å². The van der Waals surface area contributed by atoms with Crippen LogP contribution in [0.4, 0.5) is 17.6 Å². The summed E-state index contributed by atoms with van der Waals surface area (Å²) in [6, 6.07) is 8.88. The van der Waals surface area contributed by atoms with Gasteiger partial charge in [0, 0.05) is 43.4 Å². The van der Waals surface area contributed by atoms with Crippen molar-refractivity contribution in [3.8, 4) is 11.5 Å². The number of fused-ring (bicyclic) bond motifs is 1. The highest BCUT2D eigenvalue weighted by Crippen LogP contribution is 2.30. The van der Waals surface area contributed by atoms with E-state index in [0.717, 1.165) is 35.0 Å². The fraction of sp³-hybridized carbons (Fsp3) is 0.423. The van der Waals surface area contributed by atoms with Crippen molar-refractivity contribution in [2.24, 2.45) is 5.73 Å². The van der Waals surface area contributed by atoms with Crippen molar-refractivity contribution in [3.63, 3.8) is 0 Å². The van der Waals surface area contributed by atoms with Crippen LogP contribution in [-0.4, -0.2) is 54.2 Å². The van der Waals surface area contributed by atoms with Gasteiger partial charge in [-0.3, -0.25) is 4.79 Å². The van der Waals surface area contributed by atoms with E-state index in [1.165, 1.54) is 6.07 Å². The van der Waals surface area contributed by atoms with Crippen molar-refractivity contribution < 1.29 is 36.9 Å². The summed E-state index contributed by atoms with van der Waals surface area (Å²) in [5.41, 5.74) is 7.73. The number of aryl methyl sites for hydroxylation is 1. The normalized spacial score (nSPS) is 12.6. The Kier molecular flexibility index (Phi) is 9.76. The third kappa shape index (κ3) is 8.09. The SMILES string of the molecule is CCC(Cc1cc(C(N)=O)c2c(ccn2CCCO)c1)NCCOc1ccc(F)cc1OCC(F)(F)F. The minimum atomic E-state index is -4.56. The predicted octanol–water partition coefficient (Wildman–Crippen LogP) is 4.19. The summed E-state index contributed by atoms with van der Waals surface area (Å²) in [5, 5.41) is 13.4. The van der Waals surface area contributed by atoms with E-state index in [1.54, 1.807) is 6.07 Å². The van der Waals surface area contributed by atoms with E-state index in [4.69, 9.17) is 15.6 Å². The molecule has 1 atom stereocenters. The van der Waals surface area contributed by atoms with Crippen LogP contribution in [0, 0.1) is 5.82 Å². The van der Waals surface area contributed by atoms with Crippen LogP contribution in [0.5, 0.6) is 11.5 Å². The van der Waals surface area contributed by atoms with Crippen molar-refractivity contribution in [1.29, 1.82) is 0 Å². The predicted molar refractivity (Wildman–Crippen MR) is 131 cm³/mol. The summed E-state index contributed by atoms with van der Waals surface area (Å²) in [5.74, 6) is -1.57. The number of hydrogen-bond acceptors (Lipinski definition) is 5. The first-order valence-electron chi connectivity index (χ1n) is 12.0. The first-order valence-corrected chi connectivity index (χ1v) is 12.0. The molecular weight excluding hydrogens is 494 g/mol. The summed E-state index contributed by atoms with van der Waals surface area (Å²) >= 11 is 0. The second-order valence-electron chi connectivity index (χ2n) is 8.64. The molecule has 1 heterocycles. The van der Waals surface area contributed by atoms with Crippen molar-refractivity contribution in [2.75, 3.05) is 26.4 Å². The first-order chi connectivity index (χ1) is 17.6. The molecule has 202 valence electrons. The van der Waals surface area contributed by atoms with Crippen LogP contribution in [-0.2, 0) is 13.0 Å². The van der Waals surface area contributed by atoms with Gasteiger partial charge in [0.1, 0.15) is 12.4 Å². The van der Waals surface area contributed by atoms with E-state index in [9.17, 15) is 22.4 Å². The largest absolute Gasteiger partial charge is 0.488 e. The number of nitrogens with zero attached hydrogens (tertiary/aromatic N) is 1. The average molecular weight is 526 g/mol. The Hall–Kier alpha value is -3.31. The maximum atomic E-state index is 13.5. The molecule has 0 spiro atoms. The van der Waals surface area contributed by atoms with Crippen LogP contribution in [0.1, 0.15) is 35.7 Å². The number of amides is 1. The Balaban J connectivity index is 1.62. The number of ether oxygens (including phenoxy) is 2. The molecule has 0 saturated heterocycles. The summed E-state index contributed by atoms with van der Waals surface area (Å²) in [6.07, 6.45) is -0.769. The molecule has 0 aliphatic heterocycles. The lowest BCUT2D eigenvalue weighted by atomic mass is 9.99. The number of rotatable bonds is 14. The van der Waals surface area contributed by atoms with Crippen molar-refractivity contribution >= 4 is 16.8 Å². The van der Waals surface area contributed by atoms with E-state index < -0.39 is 24.5 Å². The second-order valence-corrected chi connectivity index (χ2v) is 8.64. The van der Waals surface area contributed by atoms with E-state index in [-0.39, 0.29) is 30.8 Å². The van der Waals surface area contributed by atoms with E-state index in [2.05, 4.69) is 10.1 Å². The number of benzene rings is 2. The number of nitrogens with two attached hydrogens (primary N) is 1. The average Bonchev–Trinajstić information content (AvgIpc) is 3.25. The Bertz CT molecular complexity index is 1200. The number of alkyl halides is 3. The van der Waals surface area contributed by atoms with Crippen LogP contribution >= 0.6 is 0 Å². The van der Waals surface area contributed by atoms with Crippen LogP contribution in [0.15, 0.2) is 42.6 Å². The molecule has 1 unspecified atom stereocenters. The number of halogens is 4. The molecule has 0 bridgehead atoms. The maximum Gasteiger partial charge on any atom is 0.422 e. The lowest BCUT2D eigenvalue weighted by molar-refractivity contribution is -0.153. The molecule has 0 aliphatic carbocycles. The number of hydrogen-bond donors (Lipinski definition) is 3. The van der Waals surface area contributed by atoms with Crippen LogP contribution in [0.25, 0.3) is 10.9 Å². The number of carbonyl (C=O) groups is 1. The summed E-state index contributed by atoms with van der Waals surface area (Å²) in [7, 11) is 0. The Morgan fingerprint density at radius 2 is 1.95 bits per heavy atom. The van der Waals surface area contributed by atoms with Gasteiger partial charge < -0.3 is 30.2 Å². The lowest BCUT2D eigenvalue weighted by Gasteiger charge is -2.19. The van der Waals surface area contributed by atoms with Gasteiger partial charge in [-0.05, 0) is 55.2 Å². The van der Waals surface area contributed by atoms with E-state index in [0.29, 0.717) is 31.5 Å². The van der Waals surface area contributed by atoms with Gasteiger partial charge in [-0.25, -0.2) is 4.39 Å². The quantitative estimate of drug-likeness (QED) is 0.217. The molecule has 2 aromatic carbocycles. The fourth-order valence-corrected chi connectivity index (χ4v) is 4.09. The van der Waals surface area contributed by atoms with Gasteiger partial charge in [0.25, 0.3) is 5.91 Å². The number of carbonyl (C=O) groups excluding carboxylic acids is 1. The van der Waals surface area contributed by atoms with Gasteiger partial charge in [0.2, 0.25) is 0 Å². The Labute approximate surface area is 212 Å². The Morgan fingerprint density at radius 3 is 2.62 bits per heavy atom. The zero-order chi connectivity index (χ0) is 27.0. The van der Waals surface area contributed by atoms with Gasteiger partial charge in [0.15, 0.2) is 18.1 Å². The Morgan fingerprint density at radius 1 is 1.16 bits per heavy atom. The third-order valence-electron chi connectivity index (χ3n) is 5.81. The first kappa shape index (κ1) is 28.3. The van der Waals surface area contributed by atoms with E-state index in [1.807, 2.05) is 29.8 Å². The molecule has 3 aromatic rings. The fourth-order valence-electron chi connectivity index (χ4n) is 4.09. The molecule has 0 aliphatic rings. The number of aliphatic hydroxyl groups excluding tert-OH is 1. The highest BCUT2D eigenvalue weighted by molar-refractivity contribution is 6.05. The molecule has 0 fully saturated rings. The van der Waals surface area contributed by atoms with Gasteiger partial charge in [-0.15, -0.1) is 0 Å². The van der Waals surface area contributed by atoms with Gasteiger partial charge in [-0.1, -0.05) is 6.92 Å². The maximum absolute atomic E-state index is 13.5. The minimum Gasteiger partial charge on any atom is -0.488 e. The van der Waals surface area contributed by atoms with Gasteiger partial charge in [0.05, 0.1) is 11.1 Å². The molecule has 7 nitrogen and oxygen atoms in total.